The number of anilines is 1. The molecule has 0 radical (unpaired) electrons. The van der Waals surface area contributed by atoms with Crippen molar-refractivity contribution in [2.45, 2.75) is 13.5 Å². The molecule has 2 aromatic heterocycles. The highest BCUT2D eigenvalue weighted by Crippen LogP contribution is 2.33. The van der Waals surface area contributed by atoms with Crippen molar-refractivity contribution in [2.75, 3.05) is 18.9 Å². The lowest BCUT2D eigenvalue weighted by molar-refractivity contribution is -0.117. The average Bonchev–Trinajstić information content (AvgIpc) is 3.37. The number of rotatable bonds is 7. The van der Waals surface area contributed by atoms with Crippen molar-refractivity contribution in [3.63, 3.8) is 0 Å². The average molecular weight is 472 g/mol. The minimum Gasteiger partial charge on any atom is -0.419 e. The lowest BCUT2D eigenvalue weighted by atomic mass is 10.1. The summed E-state index contributed by atoms with van der Waals surface area (Å²) in [5.41, 5.74) is 2.73. The molecule has 0 aliphatic heterocycles. The molecule has 1 N–H and O–H groups in total. The number of carbonyl (C=O) groups is 1. The van der Waals surface area contributed by atoms with E-state index in [0.29, 0.717) is 44.5 Å². The van der Waals surface area contributed by atoms with E-state index in [1.165, 1.54) is 0 Å². The number of halogens is 2. The summed E-state index contributed by atoms with van der Waals surface area (Å²) in [6, 6.07) is 14.5. The maximum atomic E-state index is 12.3. The van der Waals surface area contributed by atoms with Crippen LogP contribution in [-0.2, 0) is 11.3 Å². The van der Waals surface area contributed by atoms with Crippen LogP contribution in [0.3, 0.4) is 0 Å². The predicted molar refractivity (Wildman–Crippen MR) is 121 cm³/mol. The van der Waals surface area contributed by atoms with Gasteiger partial charge in [0.2, 0.25) is 11.8 Å². The Hall–Kier alpha value is -3.20. The summed E-state index contributed by atoms with van der Waals surface area (Å²) in [5, 5.41) is 16.0. The standard InChI is InChI=1S/C22H19Cl2N5O3/c1-13-20(21(28-32-13)14-6-4-3-5-7-14)22-27-26-19(31-22)12-29(2)11-18(30)25-15-8-9-16(23)17(24)10-15/h3-10H,11-12H2,1-2H3,(H,25,30). The first-order valence-electron chi connectivity index (χ1n) is 9.68. The number of aryl methyl sites for hydroxylation is 1. The monoisotopic (exact) mass is 471 g/mol. The molecule has 8 nitrogen and oxygen atoms in total. The van der Waals surface area contributed by atoms with Crippen LogP contribution >= 0.6 is 23.2 Å². The van der Waals surface area contributed by atoms with Gasteiger partial charge in [0.05, 0.1) is 23.1 Å². The number of nitrogens with zero attached hydrogens (tertiary/aromatic N) is 4. The van der Waals surface area contributed by atoms with E-state index >= 15 is 0 Å². The first-order chi connectivity index (χ1) is 15.4. The van der Waals surface area contributed by atoms with E-state index in [9.17, 15) is 4.79 Å². The molecule has 0 spiro atoms. The second kappa shape index (κ2) is 9.52. The number of hydrogen-bond acceptors (Lipinski definition) is 7. The predicted octanol–water partition coefficient (Wildman–Crippen LogP) is 5.08. The Morgan fingerprint density at radius 1 is 1.09 bits per heavy atom. The quantitative estimate of drug-likeness (QED) is 0.401. The topological polar surface area (TPSA) is 97.3 Å². The molecule has 0 bridgehead atoms. The van der Waals surface area contributed by atoms with Crippen molar-refractivity contribution in [3.8, 4) is 22.7 Å². The molecule has 32 heavy (non-hydrogen) atoms. The summed E-state index contributed by atoms with van der Waals surface area (Å²) in [5.74, 6) is 1.04. The fourth-order valence-corrected chi connectivity index (χ4v) is 3.44. The molecule has 4 aromatic rings. The van der Waals surface area contributed by atoms with E-state index in [0.717, 1.165) is 5.56 Å². The van der Waals surface area contributed by atoms with Crippen LogP contribution < -0.4 is 5.32 Å². The van der Waals surface area contributed by atoms with Gasteiger partial charge in [-0.2, -0.15) is 0 Å². The van der Waals surface area contributed by atoms with Crippen LogP contribution in [0.5, 0.6) is 0 Å². The molecule has 0 aliphatic carbocycles. The first kappa shape index (κ1) is 22.0. The molecule has 0 aliphatic rings. The van der Waals surface area contributed by atoms with Crippen molar-refractivity contribution in [2.24, 2.45) is 0 Å². The van der Waals surface area contributed by atoms with Gasteiger partial charge in [-0.25, -0.2) is 0 Å². The molecular formula is C22H19Cl2N5O3. The van der Waals surface area contributed by atoms with Gasteiger partial charge in [0, 0.05) is 11.3 Å². The van der Waals surface area contributed by atoms with Crippen LogP contribution in [0.4, 0.5) is 5.69 Å². The van der Waals surface area contributed by atoms with Crippen molar-refractivity contribution in [1.29, 1.82) is 0 Å². The maximum Gasteiger partial charge on any atom is 0.253 e. The molecule has 10 heteroatoms. The van der Waals surface area contributed by atoms with E-state index in [2.05, 4.69) is 20.7 Å². The van der Waals surface area contributed by atoms with Gasteiger partial charge in [0.15, 0.2) is 0 Å². The lowest BCUT2D eigenvalue weighted by Gasteiger charge is -2.14. The van der Waals surface area contributed by atoms with Gasteiger partial charge in [0.1, 0.15) is 17.0 Å². The summed E-state index contributed by atoms with van der Waals surface area (Å²) < 4.78 is 11.2. The van der Waals surface area contributed by atoms with Crippen LogP contribution in [0.1, 0.15) is 11.7 Å². The third-order valence-corrected chi connectivity index (χ3v) is 5.35. The Balaban J connectivity index is 1.42. The third-order valence-electron chi connectivity index (χ3n) is 4.61. The molecule has 0 atom stereocenters. The Bertz CT molecular complexity index is 1240. The largest absolute Gasteiger partial charge is 0.419 e. The Morgan fingerprint density at radius 2 is 1.88 bits per heavy atom. The summed E-state index contributed by atoms with van der Waals surface area (Å²) in [4.78, 5) is 14.1. The number of carbonyl (C=O) groups excluding carboxylic acids is 1. The molecule has 164 valence electrons. The normalized spacial score (nSPS) is 11.2. The van der Waals surface area contributed by atoms with E-state index < -0.39 is 0 Å². The summed E-state index contributed by atoms with van der Waals surface area (Å²) in [6.45, 7) is 2.18. The zero-order chi connectivity index (χ0) is 22.7. The minimum atomic E-state index is -0.216. The second-order valence-electron chi connectivity index (χ2n) is 7.18. The van der Waals surface area contributed by atoms with Crippen LogP contribution in [-0.4, -0.2) is 39.8 Å². The van der Waals surface area contributed by atoms with E-state index in [1.807, 2.05) is 30.3 Å². The first-order valence-corrected chi connectivity index (χ1v) is 10.4. The highest BCUT2D eigenvalue weighted by Gasteiger charge is 2.22. The van der Waals surface area contributed by atoms with Crippen LogP contribution in [0, 0.1) is 6.92 Å². The Morgan fingerprint density at radius 3 is 2.62 bits per heavy atom. The summed E-state index contributed by atoms with van der Waals surface area (Å²) >= 11 is 11.9. The van der Waals surface area contributed by atoms with E-state index in [1.54, 1.807) is 37.1 Å². The number of benzene rings is 2. The zero-order valence-corrected chi connectivity index (χ0v) is 18.8. The van der Waals surface area contributed by atoms with Gasteiger partial charge in [-0.1, -0.05) is 58.7 Å². The van der Waals surface area contributed by atoms with E-state index in [4.69, 9.17) is 32.1 Å². The van der Waals surface area contributed by atoms with Gasteiger partial charge in [-0.05, 0) is 32.2 Å². The van der Waals surface area contributed by atoms with Gasteiger partial charge in [-0.3, -0.25) is 9.69 Å². The van der Waals surface area contributed by atoms with Crippen molar-refractivity contribution in [3.05, 3.63) is 70.2 Å². The molecular weight excluding hydrogens is 453 g/mol. The highest BCUT2D eigenvalue weighted by molar-refractivity contribution is 6.42. The molecule has 2 aromatic carbocycles. The fourth-order valence-electron chi connectivity index (χ4n) is 3.14. The lowest BCUT2D eigenvalue weighted by Crippen LogP contribution is -2.29. The summed E-state index contributed by atoms with van der Waals surface area (Å²) in [7, 11) is 1.78. The maximum absolute atomic E-state index is 12.3. The smallest absolute Gasteiger partial charge is 0.253 e. The minimum absolute atomic E-state index is 0.111. The molecule has 2 heterocycles. The molecule has 0 unspecified atom stereocenters. The molecule has 1 amide bonds. The summed E-state index contributed by atoms with van der Waals surface area (Å²) in [6.07, 6.45) is 0. The van der Waals surface area contributed by atoms with Crippen LogP contribution in [0.25, 0.3) is 22.7 Å². The highest BCUT2D eigenvalue weighted by atomic mass is 35.5. The van der Waals surface area contributed by atoms with Crippen molar-refractivity contribution >= 4 is 34.8 Å². The fraction of sp³-hybridized carbons (Fsp3) is 0.182. The second-order valence-corrected chi connectivity index (χ2v) is 7.99. The molecule has 0 saturated heterocycles. The zero-order valence-electron chi connectivity index (χ0n) is 17.3. The van der Waals surface area contributed by atoms with Crippen molar-refractivity contribution < 1.29 is 13.7 Å². The molecule has 4 rings (SSSR count). The van der Waals surface area contributed by atoms with Gasteiger partial charge >= 0.3 is 0 Å². The number of aromatic nitrogens is 3. The van der Waals surface area contributed by atoms with Gasteiger partial charge < -0.3 is 14.3 Å². The van der Waals surface area contributed by atoms with E-state index in [-0.39, 0.29) is 19.0 Å². The number of hydrogen-bond donors (Lipinski definition) is 1. The molecule has 0 fully saturated rings. The number of amides is 1. The van der Waals surface area contributed by atoms with Gasteiger partial charge in [0.25, 0.3) is 5.89 Å². The van der Waals surface area contributed by atoms with Gasteiger partial charge in [-0.15, -0.1) is 10.2 Å². The van der Waals surface area contributed by atoms with Crippen molar-refractivity contribution in [1.82, 2.24) is 20.3 Å². The van der Waals surface area contributed by atoms with Crippen LogP contribution in [0.15, 0.2) is 57.5 Å². The number of nitrogens with one attached hydrogen (secondary N) is 1. The molecule has 0 saturated carbocycles. The Kier molecular flexibility index (Phi) is 6.55. The Labute approximate surface area is 194 Å². The third kappa shape index (κ3) is 4.99. The SMILES string of the molecule is Cc1onc(-c2ccccc2)c1-c1nnc(CN(C)CC(=O)Nc2ccc(Cl)c(Cl)c2)o1. The number of likely N-dealkylation sites (N-methyl/N-ethyl adjacent to an activating group) is 1. The van der Waals surface area contributed by atoms with Crippen LogP contribution in [0.2, 0.25) is 10.0 Å².